The predicted molar refractivity (Wildman–Crippen MR) is 81.4 cm³/mol. The third kappa shape index (κ3) is 2.40. The Hall–Kier alpha value is -0.610. The molecule has 3 rings (SSSR count). The second-order valence-corrected chi connectivity index (χ2v) is 7.65. The molecule has 0 aliphatic heterocycles. The van der Waals surface area contributed by atoms with Crippen LogP contribution in [0.2, 0.25) is 0 Å². The van der Waals surface area contributed by atoms with Crippen molar-refractivity contribution in [1.29, 1.82) is 0 Å². The fourth-order valence-electron chi connectivity index (χ4n) is 2.60. The van der Waals surface area contributed by atoms with E-state index in [-0.39, 0.29) is 5.38 Å². The van der Waals surface area contributed by atoms with Crippen molar-refractivity contribution < 1.29 is 0 Å². The zero-order valence-corrected chi connectivity index (χ0v) is 13.7. The van der Waals surface area contributed by atoms with Crippen molar-refractivity contribution in [2.75, 3.05) is 0 Å². The van der Waals surface area contributed by atoms with Gasteiger partial charge >= 0.3 is 0 Å². The smallest absolute Gasteiger partial charge is 0.160 e. The van der Waals surface area contributed by atoms with Crippen LogP contribution in [-0.2, 0) is 6.54 Å². The van der Waals surface area contributed by atoms with Crippen molar-refractivity contribution in [3.8, 4) is 0 Å². The SMILES string of the molecule is CC(Cl)c1nc2cc(Br)cnc2n1CC1CC1(C)C. The van der Waals surface area contributed by atoms with Crippen LogP contribution in [0.1, 0.15) is 38.4 Å². The van der Waals surface area contributed by atoms with Crippen LogP contribution in [0, 0.1) is 11.3 Å². The summed E-state index contributed by atoms with van der Waals surface area (Å²) < 4.78 is 3.14. The lowest BCUT2D eigenvalue weighted by molar-refractivity contribution is 0.494. The highest BCUT2D eigenvalue weighted by Crippen LogP contribution is 2.52. The van der Waals surface area contributed by atoms with Crippen molar-refractivity contribution in [3.05, 3.63) is 22.6 Å². The third-order valence-electron chi connectivity index (χ3n) is 4.06. The minimum Gasteiger partial charge on any atom is -0.311 e. The molecule has 0 saturated heterocycles. The van der Waals surface area contributed by atoms with Crippen LogP contribution in [0.4, 0.5) is 0 Å². The Balaban J connectivity index is 2.07. The molecule has 1 aliphatic rings. The van der Waals surface area contributed by atoms with E-state index < -0.39 is 0 Å². The topological polar surface area (TPSA) is 30.7 Å². The zero-order chi connectivity index (χ0) is 13.8. The van der Waals surface area contributed by atoms with Crippen LogP contribution < -0.4 is 0 Å². The summed E-state index contributed by atoms with van der Waals surface area (Å²) in [4.78, 5) is 9.15. The van der Waals surface area contributed by atoms with E-state index in [4.69, 9.17) is 11.6 Å². The second kappa shape index (κ2) is 4.45. The van der Waals surface area contributed by atoms with Crippen LogP contribution in [0.5, 0.6) is 0 Å². The molecule has 2 unspecified atom stereocenters. The number of fused-ring (bicyclic) bond motifs is 1. The van der Waals surface area contributed by atoms with Gasteiger partial charge in [0, 0.05) is 17.2 Å². The number of alkyl halides is 1. The molecule has 0 N–H and O–H groups in total. The molecule has 1 fully saturated rings. The molecule has 1 aliphatic carbocycles. The second-order valence-electron chi connectivity index (χ2n) is 6.08. The van der Waals surface area contributed by atoms with Crippen molar-refractivity contribution in [2.45, 2.75) is 39.1 Å². The van der Waals surface area contributed by atoms with Gasteiger partial charge < -0.3 is 4.57 Å². The molecule has 0 aromatic carbocycles. The average Bonchev–Trinajstić information content (AvgIpc) is 2.77. The Labute approximate surface area is 126 Å². The molecule has 2 heterocycles. The quantitative estimate of drug-likeness (QED) is 0.767. The van der Waals surface area contributed by atoms with Crippen LogP contribution in [0.3, 0.4) is 0 Å². The van der Waals surface area contributed by atoms with E-state index in [1.807, 2.05) is 19.2 Å². The highest BCUT2D eigenvalue weighted by atomic mass is 79.9. The Morgan fingerprint density at radius 2 is 2.26 bits per heavy atom. The van der Waals surface area contributed by atoms with E-state index in [1.54, 1.807) is 0 Å². The Morgan fingerprint density at radius 3 is 2.84 bits per heavy atom. The molecule has 3 nitrogen and oxygen atoms in total. The first-order valence-corrected chi connectivity index (χ1v) is 7.77. The van der Waals surface area contributed by atoms with Gasteiger partial charge in [0.25, 0.3) is 0 Å². The summed E-state index contributed by atoms with van der Waals surface area (Å²) >= 11 is 9.71. The van der Waals surface area contributed by atoms with Gasteiger partial charge in [0.1, 0.15) is 11.3 Å². The lowest BCUT2D eigenvalue weighted by atomic mass is 10.1. The maximum Gasteiger partial charge on any atom is 0.160 e. The Bertz CT molecular complexity index is 633. The van der Waals surface area contributed by atoms with Crippen molar-refractivity contribution >= 4 is 38.7 Å². The van der Waals surface area contributed by atoms with Crippen LogP contribution in [0.15, 0.2) is 16.7 Å². The molecule has 0 radical (unpaired) electrons. The largest absolute Gasteiger partial charge is 0.311 e. The fourth-order valence-corrected chi connectivity index (χ4v) is 3.08. The third-order valence-corrected chi connectivity index (χ3v) is 4.69. The summed E-state index contributed by atoms with van der Waals surface area (Å²) in [7, 11) is 0. The first-order chi connectivity index (χ1) is 8.88. The standard InChI is InChI=1S/C14H17BrClN3/c1-8(16)12-18-11-4-10(15)6-17-13(11)19(12)7-9-5-14(9,2)3/h4,6,8-9H,5,7H2,1-3H3. The highest BCUT2D eigenvalue weighted by molar-refractivity contribution is 9.10. The van der Waals surface area contributed by atoms with Crippen molar-refractivity contribution in [2.24, 2.45) is 11.3 Å². The van der Waals surface area contributed by atoms with Gasteiger partial charge in [-0.15, -0.1) is 11.6 Å². The summed E-state index contributed by atoms with van der Waals surface area (Å²) in [6.45, 7) is 7.55. The Kier molecular flexibility index (Phi) is 3.13. The normalized spacial score (nSPS) is 22.7. The van der Waals surface area contributed by atoms with Gasteiger partial charge in [-0.25, -0.2) is 9.97 Å². The van der Waals surface area contributed by atoms with Crippen molar-refractivity contribution in [3.63, 3.8) is 0 Å². The molecule has 0 amide bonds. The number of imidazole rings is 1. The first-order valence-electron chi connectivity index (χ1n) is 6.54. The van der Waals surface area contributed by atoms with E-state index in [0.717, 1.165) is 28.0 Å². The number of pyridine rings is 1. The maximum absolute atomic E-state index is 6.27. The fraction of sp³-hybridized carbons (Fsp3) is 0.571. The average molecular weight is 343 g/mol. The molecule has 2 aromatic heterocycles. The molecular formula is C14H17BrClN3. The Morgan fingerprint density at radius 1 is 1.58 bits per heavy atom. The summed E-state index contributed by atoms with van der Waals surface area (Å²) in [5.74, 6) is 1.62. The molecule has 1 saturated carbocycles. The van der Waals surface area contributed by atoms with Crippen LogP contribution >= 0.6 is 27.5 Å². The maximum atomic E-state index is 6.27. The molecule has 102 valence electrons. The van der Waals surface area contributed by atoms with Crippen molar-refractivity contribution in [1.82, 2.24) is 14.5 Å². The zero-order valence-electron chi connectivity index (χ0n) is 11.3. The van der Waals surface area contributed by atoms with E-state index in [9.17, 15) is 0 Å². The number of nitrogens with zero attached hydrogens (tertiary/aromatic N) is 3. The van der Waals surface area contributed by atoms with Gasteiger partial charge in [0.05, 0.1) is 5.38 Å². The van der Waals surface area contributed by atoms with Gasteiger partial charge in [0.15, 0.2) is 5.65 Å². The monoisotopic (exact) mass is 341 g/mol. The summed E-state index contributed by atoms with van der Waals surface area (Å²) in [5.41, 5.74) is 2.29. The summed E-state index contributed by atoms with van der Waals surface area (Å²) in [6, 6.07) is 2.00. The number of hydrogen-bond donors (Lipinski definition) is 0. The number of aromatic nitrogens is 3. The lowest BCUT2D eigenvalue weighted by Gasteiger charge is -2.11. The number of hydrogen-bond acceptors (Lipinski definition) is 2. The highest BCUT2D eigenvalue weighted by Gasteiger charge is 2.46. The van der Waals surface area contributed by atoms with E-state index in [0.29, 0.717) is 11.3 Å². The van der Waals surface area contributed by atoms with Crippen LogP contribution in [-0.4, -0.2) is 14.5 Å². The first kappa shape index (κ1) is 13.4. The van der Waals surface area contributed by atoms with E-state index in [2.05, 4.69) is 44.3 Å². The molecule has 2 aromatic rings. The summed E-state index contributed by atoms with van der Waals surface area (Å²) in [5, 5.41) is -0.102. The molecule has 5 heteroatoms. The molecular weight excluding hydrogens is 326 g/mol. The van der Waals surface area contributed by atoms with E-state index in [1.165, 1.54) is 6.42 Å². The molecule has 2 atom stereocenters. The minimum absolute atomic E-state index is 0.102. The van der Waals surface area contributed by atoms with Gasteiger partial charge in [-0.2, -0.15) is 0 Å². The van der Waals surface area contributed by atoms with Gasteiger partial charge in [-0.1, -0.05) is 13.8 Å². The summed E-state index contributed by atoms with van der Waals surface area (Å²) in [6.07, 6.45) is 3.08. The van der Waals surface area contributed by atoms with Crippen LogP contribution in [0.25, 0.3) is 11.2 Å². The van der Waals surface area contributed by atoms with E-state index >= 15 is 0 Å². The predicted octanol–water partition coefficient (Wildman–Crippen LogP) is 4.54. The van der Waals surface area contributed by atoms with Gasteiger partial charge in [-0.3, -0.25) is 0 Å². The molecule has 0 spiro atoms. The number of rotatable bonds is 3. The molecule has 19 heavy (non-hydrogen) atoms. The minimum atomic E-state index is -0.102. The van der Waals surface area contributed by atoms with Gasteiger partial charge in [0.2, 0.25) is 0 Å². The lowest BCUT2D eigenvalue weighted by Crippen LogP contribution is -2.09. The molecule has 0 bridgehead atoms. The van der Waals surface area contributed by atoms with Gasteiger partial charge in [-0.05, 0) is 46.7 Å². The number of halogens is 2.